The Bertz CT molecular complexity index is 1020. The third-order valence-electron chi connectivity index (χ3n) is 3.66. The fourth-order valence-corrected chi connectivity index (χ4v) is 2.90. The van der Waals surface area contributed by atoms with Gasteiger partial charge in [0.1, 0.15) is 12.0 Å². The normalized spacial score (nSPS) is 11.1. The third-order valence-corrected chi connectivity index (χ3v) is 4.69. The second kappa shape index (κ2) is 9.50. The molecule has 0 radical (unpaired) electrons. The number of hydrogen-bond donors (Lipinski definition) is 2. The molecule has 30 heavy (non-hydrogen) atoms. The molecule has 13 heteroatoms. The fraction of sp³-hybridized carbons (Fsp3) is 0.176. The van der Waals surface area contributed by atoms with E-state index >= 15 is 0 Å². The number of nitro groups is 1. The molecule has 0 aromatic heterocycles. The lowest BCUT2D eigenvalue weighted by Gasteiger charge is -2.11. The average Bonchev–Trinajstić information content (AvgIpc) is 2.63. The van der Waals surface area contributed by atoms with Crippen LogP contribution in [0.4, 0.5) is 24.5 Å². The van der Waals surface area contributed by atoms with Gasteiger partial charge in [-0.15, -0.1) is 0 Å². The monoisotopic (exact) mass is 483 g/mol. The first-order chi connectivity index (χ1) is 13.9. The van der Waals surface area contributed by atoms with Crippen LogP contribution in [0.2, 0.25) is 15.1 Å². The van der Waals surface area contributed by atoms with E-state index in [9.17, 15) is 32.9 Å². The Morgan fingerprint density at radius 1 is 1.00 bits per heavy atom. The summed E-state index contributed by atoms with van der Waals surface area (Å²) in [5.41, 5.74) is -2.45. The molecule has 0 heterocycles. The molecule has 0 spiro atoms. The van der Waals surface area contributed by atoms with Gasteiger partial charge in [0.15, 0.2) is 0 Å². The maximum absolute atomic E-state index is 13.0. The number of nitrogens with zero attached hydrogens (tertiary/aromatic N) is 1. The molecule has 0 saturated carbocycles. The van der Waals surface area contributed by atoms with Crippen LogP contribution in [0, 0.1) is 10.1 Å². The van der Waals surface area contributed by atoms with Gasteiger partial charge in [-0.25, -0.2) is 0 Å². The highest BCUT2D eigenvalue weighted by atomic mass is 35.5. The molecule has 7 nitrogen and oxygen atoms in total. The van der Waals surface area contributed by atoms with Crippen LogP contribution in [0.25, 0.3) is 0 Å². The first-order valence-corrected chi connectivity index (χ1v) is 9.07. The Kier molecular flexibility index (Phi) is 7.51. The van der Waals surface area contributed by atoms with Gasteiger partial charge in [0.25, 0.3) is 5.69 Å². The number of hydrogen-bond acceptors (Lipinski definition) is 4. The summed E-state index contributed by atoms with van der Waals surface area (Å²) in [6.45, 7) is -0.374. The van der Waals surface area contributed by atoms with Gasteiger partial charge in [-0.2, -0.15) is 13.2 Å². The number of carbonyl (C=O) groups excluding carboxylic acids is 2. The van der Waals surface area contributed by atoms with E-state index in [2.05, 4.69) is 10.6 Å². The third kappa shape index (κ3) is 6.22. The van der Waals surface area contributed by atoms with Crippen molar-refractivity contribution in [2.45, 2.75) is 19.1 Å². The van der Waals surface area contributed by atoms with E-state index in [1.165, 1.54) is 12.1 Å². The van der Waals surface area contributed by atoms with Crippen LogP contribution in [0.1, 0.15) is 17.5 Å². The number of halogens is 6. The number of nitro benzene ring substituents is 1. The quantitative estimate of drug-likeness (QED) is 0.254. The lowest BCUT2D eigenvalue weighted by Crippen LogP contribution is -2.28. The Balaban J connectivity index is 2.00. The zero-order valence-electron chi connectivity index (χ0n) is 14.6. The number of alkyl halides is 3. The van der Waals surface area contributed by atoms with Crippen molar-refractivity contribution in [1.29, 1.82) is 0 Å². The number of nitrogens with one attached hydrogen (secondary N) is 2. The van der Waals surface area contributed by atoms with E-state index in [4.69, 9.17) is 34.8 Å². The highest BCUT2D eigenvalue weighted by Crippen LogP contribution is 2.36. The molecule has 2 N–H and O–H groups in total. The van der Waals surface area contributed by atoms with E-state index < -0.39 is 40.6 Å². The summed E-state index contributed by atoms with van der Waals surface area (Å²) >= 11 is 17.5. The maximum Gasteiger partial charge on any atom is 0.423 e. The van der Waals surface area contributed by atoms with Crippen LogP contribution in [0.3, 0.4) is 0 Å². The lowest BCUT2D eigenvalue weighted by atomic mass is 10.1. The Hall–Kier alpha value is -2.56. The summed E-state index contributed by atoms with van der Waals surface area (Å²) < 4.78 is 38.9. The molecule has 2 aromatic rings. The number of anilines is 1. The number of benzene rings is 2. The number of rotatable bonds is 6. The van der Waals surface area contributed by atoms with Crippen LogP contribution in [0.15, 0.2) is 30.3 Å². The van der Waals surface area contributed by atoms with Crippen molar-refractivity contribution in [2.24, 2.45) is 0 Å². The molecule has 160 valence electrons. The van der Waals surface area contributed by atoms with E-state index in [0.29, 0.717) is 12.1 Å². The predicted molar refractivity (Wildman–Crippen MR) is 105 cm³/mol. The van der Waals surface area contributed by atoms with Gasteiger partial charge in [-0.3, -0.25) is 19.7 Å². The van der Waals surface area contributed by atoms with Crippen LogP contribution in [-0.4, -0.2) is 16.7 Å². The molecule has 0 bridgehead atoms. The van der Waals surface area contributed by atoms with Crippen LogP contribution < -0.4 is 10.6 Å². The molecule has 0 aliphatic rings. The van der Waals surface area contributed by atoms with Crippen molar-refractivity contribution >= 4 is 58.0 Å². The van der Waals surface area contributed by atoms with E-state index in [1.54, 1.807) is 0 Å². The zero-order valence-corrected chi connectivity index (χ0v) is 16.9. The summed E-state index contributed by atoms with van der Waals surface area (Å²) in [7, 11) is 0. The van der Waals surface area contributed by atoms with Gasteiger partial charge >= 0.3 is 6.18 Å². The van der Waals surface area contributed by atoms with Gasteiger partial charge in [0.2, 0.25) is 11.8 Å². The molecule has 0 aliphatic heterocycles. The maximum atomic E-state index is 13.0. The van der Waals surface area contributed by atoms with E-state index in [0.717, 1.165) is 6.07 Å². The minimum Gasteiger partial charge on any atom is -0.352 e. The van der Waals surface area contributed by atoms with Crippen LogP contribution >= 0.6 is 34.8 Å². The Labute approximate surface area is 182 Å². The second-order valence-corrected chi connectivity index (χ2v) is 7.08. The molecule has 2 rings (SSSR count). The molecule has 2 aromatic carbocycles. The highest BCUT2D eigenvalue weighted by molar-refractivity contribution is 6.44. The lowest BCUT2D eigenvalue weighted by molar-refractivity contribution is -0.388. The molecule has 0 saturated heterocycles. The van der Waals surface area contributed by atoms with Crippen molar-refractivity contribution < 1.29 is 27.7 Å². The van der Waals surface area contributed by atoms with Gasteiger partial charge in [0.05, 0.1) is 25.7 Å². The number of amides is 2. The van der Waals surface area contributed by atoms with E-state index in [1.807, 2.05) is 0 Å². The Morgan fingerprint density at radius 2 is 1.63 bits per heavy atom. The second-order valence-electron chi connectivity index (χ2n) is 5.85. The van der Waals surface area contributed by atoms with Gasteiger partial charge in [-0.05, 0) is 23.8 Å². The standard InChI is InChI=1S/C17H11Cl3F3N3O4/c18-10-4-12(20)13(5-11(10)19)25-16(28)6-15(27)24-7-8-1-2-14(26(29)30)9(3-8)17(21,22)23/h1-5H,6-7H2,(H,24,27)(H,25,28). The molecule has 0 unspecified atom stereocenters. The topological polar surface area (TPSA) is 101 Å². The summed E-state index contributed by atoms with van der Waals surface area (Å²) in [5.74, 6) is -1.55. The smallest absolute Gasteiger partial charge is 0.352 e. The summed E-state index contributed by atoms with van der Waals surface area (Å²) in [6.07, 6.45) is -5.60. The van der Waals surface area contributed by atoms with Crippen molar-refractivity contribution in [2.75, 3.05) is 5.32 Å². The molecular weight excluding hydrogens is 474 g/mol. The first-order valence-electron chi connectivity index (χ1n) is 7.94. The summed E-state index contributed by atoms with van der Waals surface area (Å²) in [4.78, 5) is 33.5. The minimum absolute atomic E-state index is 0.0331. The van der Waals surface area contributed by atoms with Crippen molar-refractivity contribution in [3.05, 3.63) is 66.6 Å². The predicted octanol–water partition coefficient (Wildman–Crippen LogP) is 5.22. The molecule has 0 atom stereocenters. The van der Waals surface area contributed by atoms with Gasteiger partial charge in [-0.1, -0.05) is 40.9 Å². The van der Waals surface area contributed by atoms with Crippen LogP contribution in [-0.2, 0) is 22.3 Å². The molecule has 0 fully saturated rings. The zero-order chi connectivity index (χ0) is 22.6. The van der Waals surface area contributed by atoms with Crippen LogP contribution in [0.5, 0.6) is 0 Å². The Morgan fingerprint density at radius 3 is 2.23 bits per heavy atom. The van der Waals surface area contributed by atoms with Gasteiger partial charge in [0, 0.05) is 12.6 Å². The number of carbonyl (C=O) groups is 2. The van der Waals surface area contributed by atoms with Crippen molar-refractivity contribution in [3.63, 3.8) is 0 Å². The fourth-order valence-electron chi connectivity index (χ4n) is 2.30. The minimum atomic E-state index is -4.94. The molecule has 2 amide bonds. The average molecular weight is 485 g/mol. The molecular formula is C17H11Cl3F3N3O4. The SMILES string of the molecule is O=C(CC(=O)Nc1cc(Cl)c(Cl)cc1Cl)NCc1ccc([N+](=O)[O-])c(C(F)(F)F)c1. The highest BCUT2D eigenvalue weighted by Gasteiger charge is 2.38. The molecule has 0 aliphatic carbocycles. The van der Waals surface area contributed by atoms with Gasteiger partial charge < -0.3 is 10.6 Å². The van der Waals surface area contributed by atoms with Crippen molar-refractivity contribution in [1.82, 2.24) is 5.32 Å². The van der Waals surface area contributed by atoms with Crippen molar-refractivity contribution in [3.8, 4) is 0 Å². The largest absolute Gasteiger partial charge is 0.423 e. The first kappa shape index (κ1) is 23.7. The summed E-state index contributed by atoms with van der Waals surface area (Å²) in [5, 5.41) is 15.7. The van der Waals surface area contributed by atoms with E-state index in [-0.39, 0.29) is 32.9 Å². The summed E-state index contributed by atoms with van der Waals surface area (Å²) in [6, 6.07) is 4.92.